The fourth-order valence-corrected chi connectivity index (χ4v) is 3.32. The average Bonchev–Trinajstić information content (AvgIpc) is 2.67. The molecule has 2 aromatic carbocycles. The van der Waals surface area contributed by atoms with E-state index in [9.17, 15) is 14.0 Å². The van der Waals surface area contributed by atoms with Crippen molar-refractivity contribution in [2.24, 2.45) is 5.73 Å². The Morgan fingerprint density at radius 3 is 2.18 bits per heavy atom. The first-order chi connectivity index (χ1) is 12.9. The van der Waals surface area contributed by atoms with Crippen LogP contribution in [0, 0.1) is 12.7 Å². The molecule has 0 aliphatic carbocycles. The second-order valence-electron chi connectivity index (χ2n) is 6.63. The molecule has 1 unspecified atom stereocenters. The number of piperazine rings is 1. The third kappa shape index (κ3) is 4.82. The van der Waals surface area contributed by atoms with Gasteiger partial charge in [-0.2, -0.15) is 0 Å². The van der Waals surface area contributed by atoms with Crippen molar-refractivity contribution < 1.29 is 14.0 Å². The predicted molar refractivity (Wildman–Crippen MR) is 109 cm³/mol. The molecule has 0 radical (unpaired) electrons. The molecule has 3 rings (SSSR count). The van der Waals surface area contributed by atoms with Gasteiger partial charge in [0.15, 0.2) is 0 Å². The van der Waals surface area contributed by atoms with E-state index in [0.29, 0.717) is 26.2 Å². The van der Waals surface area contributed by atoms with Crippen LogP contribution in [0.1, 0.15) is 27.5 Å². The van der Waals surface area contributed by atoms with Gasteiger partial charge in [-0.15, -0.1) is 12.4 Å². The van der Waals surface area contributed by atoms with Gasteiger partial charge in [0.25, 0.3) is 5.91 Å². The van der Waals surface area contributed by atoms with Crippen molar-refractivity contribution in [3.05, 3.63) is 70.0 Å². The summed E-state index contributed by atoms with van der Waals surface area (Å²) < 4.78 is 13.2. The quantitative estimate of drug-likeness (QED) is 0.820. The zero-order valence-corrected chi connectivity index (χ0v) is 17.0. The van der Waals surface area contributed by atoms with Crippen molar-refractivity contribution in [1.29, 1.82) is 0 Å². The first-order valence-corrected chi connectivity index (χ1v) is 9.10. The summed E-state index contributed by atoms with van der Waals surface area (Å²) in [7, 11) is 0. The standard InChI is InChI=1S/C20H21ClFN3O2.ClH/c1-13-2-4-14(5-3-13)18(23)20(27)25-10-8-24(9-11-25)19(26)16-7-6-15(22)12-17(16)21;/h2-7,12,18H,8-11,23H2,1H3;1H. The van der Waals surface area contributed by atoms with Crippen LogP contribution in [0.25, 0.3) is 0 Å². The number of carbonyl (C=O) groups is 2. The van der Waals surface area contributed by atoms with Gasteiger partial charge >= 0.3 is 0 Å². The summed E-state index contributed by atoms with van der Waals surface area (Å²) in [6.45, 7) is 3.50. The number of nitrogens with zero attached hydrogens (tertiary/aromatic N) is 2. The van der Waals surface area contributed by atoms with Gasteiger partial charge in [0.1, 0.15) is 11.9 Å². The number of halogens is 3. The zero-order valence-electron chi connectivity index (χ0n) is 15.4. The zero-order chi connectivity index (χ0) is 19.6. The lowest BCUT2D eigenvalue weighted by molar-refractivity contribution is -0.134. The molecule has 0 spiro atoms. The summed E-state index contributed by atoms with van der Waals surface area (Å²) in [4.78, 5) is 28.5. The second kappa shape index (κ2) is 9.37. The van der Waals surface area contributed by atoms with Crippen LogP contribution in [0.15, 0.2) is 42.5 Å². The summed E-state index contributed by atoms with van der Waals surface area (Å²) >= 11 is 5.97. The van der Waals surface area contributed by atoms with E-state index in [0.717, 1.165) is 17.2 Å². The molecule has 1 atom stereocenters. The number of nitrogens with two attached hydrogens (primary N) is 1. The fourth-order valence-electron chi connectivity index (χ4n) is 3.08. The largest absolute Gasteiger partial charge is 0.337 e. The maximum atomic E-state index is 13.2. The number of benzene rings is 2. The molecular formula is C20H22Cl2FN3O2. The number of aryl methyl sites for hydroxylation is 1. The van der Waals surface area contributed by atoms with Gasteiger partial charge in [-0.1, -0.05) is 41.4 Å². The van der Waals surface area contributed by atoms with E-state index >= 15 is 0 Å². The van der Waals surface area contributed by atoms with Crippen LogP contribution in [0.4, 0.5) is 4.39 Å². The molecular weight excluding hydrogens is 404 g/mol. The molecule has 0 aromatic heterocycles. The van der Waals surface area contributed by atoms with Gasteiger partial charge in [-0.05, 0) is 30.7 Å². The van der Waals surface area contributed by atoms with Crippen LogP contribution in [0.2, 0.25) is 5.02 Å². The molecule has 0 bridgehead atoms. The number of amides is 2. The highest BCUT2D eigenvalue weighted by Crippen LogP contribution is 2.21. The Bertz CT molecular complexity index is 853. The summed E-state index contributed by atoms with van der Waals surface area (Å²) in [5.41, 5.74) is 8.24. The first-order valence-electron chi connectivity index (χ1n) is 8.72. The fraction of sp³-hybridized carbons (Fsp3) is 0.300. The van der Waals surface area contributed by atoms with E-state index < -0.39 is 11.9 Å². The van der Waals surface area contributed by atoms with Crippen LogP contribution in [-0.4, -0.2) is 47.8 Å². The maximum Gasteiger partial charge on any atom is 0.255 e. The van der Waals surface area contributed by atoms with Crippen molar-refractivity contribution in [3.8, 4) is 0 Å². The molecule has 1 fully saturated rings. The summed E-state index contributed by atoms with van der Waals surface area (Å²) in [5.74, 6) is -0.919. The highest BCUT2D eigenvalue weighted by Gasteiger charge is 2.29. The van der Waals surface area contributed by atoms with Crippen LogP contribution in [0.3, 0.4) is 0 Å². The minimum absolute atomic E-state index is 0. The van der Waals surface area contributed by atoms with Crippen LogP contribution >= 0.6 is 24.0 Å². The second-order valence-corrected chi connectivity index (χ2v) is 7.04. The number of hydrogen-bond acceptors (Lipinski definition) is 3. The molecule has 1 saturated heterocycles. The third-order valence-electron chi connectivity index (χ3n) is 4.74. The van der Waals surface area contributed by atoms with Crippen molar-refractivity contribution >= 4 is 35.8 Å². The Labute approximate surface area is 174 Å². The van der Waals surface area contributed by atoms with Gasteiger partial charge in [-0.3, -0.25) is 9.59 Å². The monoisotopic (exact) mass is 425 g/mol. The van der Waals surface area contributed by atoms with Gasteiger partial charge < -0.3 is 15.5 Å². The molecule has 2 amide bonds. The Morgan fingerprint density at radius 2 is 1.61 bits per heavy atom. The van der Waals surface area contributed by atoms with Crippen molar-refractivity contribution in [2.45, 2.75) is 13.0 Å². The molecule has 1 aliphatic rings. The number of rotatable bonds is 3. The molecule has 1 heterocycles. The van der Waals surface area contributed by atoms with E-state index in [1.54, 1.807) is 9.80 Å². The molecule has 2 aromatic rings. The molecule has 8 heteroatoms. The predicted octanol–water partition coefficient (Wildman–Crippen LogP) is 3.19. The minimum atomic E-state index is -0.723. The summed E-state index contributed by atoms with van der Waals surface area (Å²) in [6.07, 6.45) is 0. The lowest BCUT2D eigenvalue weighted by Gasteiger charge is -2.36. The molecule has 5 nitrogen and oxygen atoms in total. The molecule has 150 valence electrons. The van der Waals surface area contributed by atoms with Crippen LogP contribution < -0.4 is 5.73 Å². The first kappa shape index (κ1) is 22.1. The number of hydrogen-bond donors (Lipinski definition) is 1. The van der Waals surface area contributed by atoms with E-state index in [-0.39, 0.29) is 34.8 Å². The lowest BCUT2D eigenvalue weighted by atomic mass is 10.0. The van der Waals surface area contributed by atoms with E-state index in [4.69, 9.17) is 17.3 Å². The third-order valence-corrected chi connectivity index (χ3v) is 5.06. The van der Waals surface area contributed by atoms with E-state index in [1.807, 2.05) is 31.2 Å². The summed E-state index contributed by atoms with van der Waals surface area (Å²) in [6, 6.07) is 10.5. The Kier molecular flexibility index (Phi) is 7.41. The molecule has 0 saturated carbocycles. The average molecular weight is 426 g/mol. The van der Waals surface area contributed by atoms with E-state index in [2.05, 4.69) is 0 Å². The van der Waals surface area contributed by atoms with Crippen LogP contribution in [0.5, 0.6) is 0 Å². The van der Waals surface area contributed by atoms with Crippen molar-refractivity contribution in [2.75, 3.05) is 26.2 Å². The van der Waals surface area contributed by atoms with Crippen molar-refractivity contribution in [1.82, 2.24) is 9.80 Å². The highest BCUT2D eigenvalue weighted by molar-refractivity contribution is 6.33. The molecule has 2 N–H and O–H groups in total. The van der Waals surface area contributed by atoms with Gasteiger partial charge in [0, 0.05) is 26.2 Å². The Hall–Kier alpha value is -2.15. The van der Waals surface area contributed by atoms with Gasteiger partial charge in [0.2, 0.25) is 5.91 Å². The summed E-state index contributed by atoms with van der Waals surface area (Å²) in [5, 5.41) is 0.0832. The van der Waals surface area contributed by atoms with Crippen molar-refractivity contribution in [3.63, 3.8) is 0 Å². The minimum Gasteiger partial charge on any atom is -0.337 e. The lowest BCUT2D eigenvalue weighted by Crippen LogP contribution is -2.52. The molecule has 1 aliphatic heterocycles. The van der Waals surface area contributed by atoms with E-state index in [1.165, 1.54) is 12.1 Å². The smallest absolute Gasteiger partial charge is 0.255 e. The Balaban J connectivity index is 0.00000280. The topological polar surface area (TPSA) is 66.6 Å². The van der Waals surface area contributed by atoms with Gasteiger partial charge in [-0.25, -0.2) is 4.39 Å². The molecule has 28 heavy (non-hydrogen) atoms. The Morgan fingerprint density at radius 1 is 1.04 bits per heavy atom. The highest BCUT2D eigenvalue weighted by atomic mass is 35.5. The maximum absolute atomic E-state index is 13.2. The SMILES string of the molecule is Cc1ccc(C(N)C(=O)N2CCN(C(=O)c3ccc(F)cc3Cl)CC2)cc1.Cl. The van der Waals surface area contributed by atoms with Crippen LogP contribution in [-0.2, 0) is 4.79 Å². The van der Waals surface area contributed by atoms with Gasteiger partial charge in [0.05, 0.1) is 10.6 Å². The number of carbonyl (C=O) groups excluding carboxylic acids is 2. The normalized spacial score (nSPS) is 15.0.